The molecule has 25 heavy (non-hydrogen) atoms. The smallest absolute Gasteiger partial charge is 0.241 e. The van der Waals surface area contributed by atoms with Crippen molar-refractivity contribution in [1.82, 2.24) is 4.90 Å². The third-order valence-corrected chi connectivity index (χ3v) is 4.38. The number of rotatable bonds is 6. The van der Waals surface area contributed by atoms with Crippen molar-refractivity contribution in [2.24, 2.45) is 0 Å². The number of nitrogens with zero attached hydrogens (tertiary/aromatic N) is 2. The number of likely N-dealkylation sites (N-methyl/N-ethyl adjacent to an activating group) is 1. The highest BCUT2D eigenvalue weighted by Gasteiger charge is 2.18. The van der Waals surface area contributed by atoms with E-state index in [4.69, 9.17) is 5.26 Å². The minimum atomic E-state index is -0.282. The van der Waals surface area contributed by atoms with Crippen molar-refractivity contribution in [1.29, 1.82) is 5.26 Å². The van der Waals surface area contributed by atoms with E-state index in [0.29, 0.717) is 23.7 Å². The number of nitriles is 1. The van der Waals surface area contributed by atoms with Crippen LogP contribution in [0, 0.1) is 11.3 Å². The molecule has 2 rings (SSSR count). The van der Waals surface area contributed by atoms with Crippen LogP contribution in [0.15, 0.2) is 48.5 Å². The SMILES string of the molecule is CC(C)c1ccc(CN(C)[C@H](C)C(=O)Nc2cccc(C#N)c2)cc1. The molecule has 0 aliphatic carbocycles. The van der Waals surface area contributed by atoms with E-state index in [1.54, 1.807) is 24.3 Å². The molecule has 130 valence electrons. The standard InChI is InChI=1S/C21H25N3O/c1-15(2)19-10-8-17(9-11-19)14-24(4)16(3)21(25)23-20-7-5-6-18(12-20)13-22/h5-12,15-16H,14H2,1-4H3,(H,23,25)/t16-/m1/s1. The van der Waals surface area contributed by atoms with E-state index in [0.717, 1.165) is 0 Å². The molecule has 0 aromatic heterocycles. The first-order valence-electron chi connectivity index (χ1n) is 8.51. The van der Waals surface area contributed by atoms with Crippen LogP contribution in [0.5, 0.6) is 0 Å². The highest BCUT2D eigenvalue weighted by molar-refractivity contribution is 5.94. The molecule has 0 saturated heterocycles. The van der Waals surface area contributed by atoms with Gasteiger partial charge in [0, 0.05) is 12.2 Å². The molecule has 4 nitrogen and oxygen atoms in total. The van der Waals surface area contributed by atoms with E-state index >= 15 is 0 Å². The second-order valence-electron chi connectivity index (χ2n) is 6.67. The molecular formula is C21H25N3O. The van der Waals surface area contributed by atoms with Crippen molar-refractivity contribution in [2.45, 2.75) is 39.3 Å². The maximum atomic E-state index is 12.5. The minimum Gasteiger partial charge on any atom is -0.325 e. The van der Waals surface area contributed by atoms with Gasteiger partial charge in [-0.25, -0.2) is 0 Å². The van der Waals surface area contributed by atoms with Gasteiger partial charge in [-0.3, -0.25) is 9.69 Å². The number of benzene rings is 2. The fourth-order valence-corrected chi connectivity index (χ4v) is 2.55. The Balaban J connectivity index is 1.97. The van der Waals surface area contributed by atoms with Crippen LogP contribution in [0.2, 0.25) is 0 Å². The lowest BCUT2D eigenvalue weighted by molar-refractivity contribution is -0.120. The van der Waals surface area contributed by atoms with Gasteiger partial charge in [-0.05, 0) is 49.2 Å². The number of carbonyl (C=O) groups excluding carboxylic acids is 1. The average Bonchev–Trinajstić information content (AvgIpc) is 2.61. The van der Waals surface area contributed by atoms with Crippen LogP contribution < -0.4 is 5.32 Å². The Morgan fingerprint density at radius 1 is 1.16 bits per heavy atom. The summed E-state index contributed by atoms with van der Waals surface area (Å²) in [5, 5.41) is 11.8. The number of hydrogen-bond acceptors (Lipinski definition) is 3. The molecule has 4 heteroatoms. The van der Waals surface area contributed by atoms with Crippen LogP contribution in [0.25, 0.3) is 0 Å². The highest BCUT2D eigenvalue weighted by Crippen LogP contribution is 2.16. The van der Waals surface area contributed by atoms with Crippen LogP contribution >= 0.6 is 0 Å². The number of amides is 1. The van der Waals surface area contributed by atoms with Crippen LogP contribution in [-0.2, 0) is 11.3 Å². The summed E-state index contributed by atoms with van der Waals surface area (Å²) in [5.74, 6) is 0.428. The summed E-state index contributed by atoms with van der Waals surface area (Å²) in [7, 11) is 1.94. The van der Waals surface area contributed by atoms with Crippen LogP contribution in [-0.4, -0.2) is 23.9 Å². The molecule has 2 aromatic rings. The van der Waals surface area contributed by atoms with Gasteiger partial charge in [-0.15, -0.1) is 0 Å². The van der Waals surface area contributed by atoms with Crippen molar-refractivity contribution in [3.8, 4) is 6.07 Å². The molecule has 0 saturated carbocycles. The van der Waals surface area contributed by atoms with Gasteiger partial charge in [0.15, 0.2) is 0 Å². The molecule has 0 fully saturated rings. The van der Waals surface area contributed by atoms with Crippen molar-refractivity contribution in [3.05, 3.63) is 65.2 Å². The maximum Gasteiger partial charge on any atom is 0.241 e. The third-order valence-electron chi connectivity index (χ3n) is 4.38. The van der Waals surface area contributed by atoms with Crippen molar-refractivity contribution in [2.75, 3.05) is 12.4 Å². The summed E-state index contributed by atoms with van der Waals surface area (Å²) in [4.78, 5) is 14.5. The second kappa shape index (κ2) is 8.46. The summed E-state index contributed by atoms with van der Waals surface area (Å²) < 4.78 is 0. The predicted molar refractivity (Wildman–Crippen MR) is 101 cm³/mol. The van der Waals surface area contributed by atoms with Gasteiger partial charge >= 0.3 is 0 Å². The molecule has 0 radical (unpaired) electrons. The Morgan fingerprint density at radius 2 is 1.84 bits per heavy atom. The number of carbonyl (C=O) groups is 1. The Kier molecular flexibility index (Phi) is 6.32. The quantitative estimate of drug-likeness (QED) is 0.863. The Hall–Kier alpha value is -2.64. The highest BCUT2D eigenvalue weighted by atomic mass is 16.2. The van der Waals surface area contributed by atoms with Crippen molar-refractivity contribution < 1.29 is 4.79 Å². The molecule has 0 aliphatic rings. The van der Waals surface area contributed by atoms with Gasteiger partial charge in [0.1, 0.15) is 0 Å². The van der Waals surface area contributed by atoms with E-state index in [1.807, 2.05) is 18.9 Å². The van der Waals surface area contributed by atoms with E-state index in [2.05, 4.69) is 49.5 Å². The van der Waals surface area contributed by atoms with Crippen molar-refractivity contribution >= 4 is 11.6 Å². The largest absolute Gasteiger partial charge is 0.325 e. The molecule has 1 atom stereocenters. The van der Waals surface area contributed by atoms with E-state index < -0.39 is 0 Å². The molecule has 0 unspecified atom stereocenters. The third kappa shape index (κ3) is 5.17. The summed E-state index contributed by atoms with van der Waals surface area (Å²) in [5.41, 5.74) is 3.67. The van der Waals surface area contributed by atoms with Gasteiger partial charge in [-0.2, -0.15) is 5.26 Å². The van der Waals surface area contributed by atoms with Crippen LogP contribution in [0.1, 0.15) is 43.4 Å². The fourth-order valence-electron chi connectivity index (χ4n) is 2.55. The zero-order valence-corrected chi connectivity index (χ0v) is 15.3. The van der Waals surface area contributed by atoms with Gasteiger partial charge in [-0.1, -0.05) is 44.2 Å². The lowest BCUT2D eigenvalue weighted by Gasteiger charge is -2.24. The lowest BCUT2D eigenvalue weighted by atomic mass is 10.0. The normalized spacial score (nSPS) is 12.0. The summed E-state index contributed by atoms with van der Waals surface area (Å²) in [6.45, 7) is 6.93. The van der Waals surface area contributed by atoms with Gasteiger partial charge in [0.2, 0.25) is 5.91 Å². The second-order valence-corrected chi connectivity index (χ2v) is 6.67. The van der Waals surface area contributed by atoms with E-state index in [9.17, 15) is 4.79 Å². The molecule has 0 bridgehead atoms. The summed E-state index contributed by atoms with van der Waals surface area (Å²) in [6, 6.07) is 17.3. The molecular weight excluding hydrogens is 310 g/mol. The van der Waals surface area contributed by atoms with Gasteiger partial charge in [0.25, 0.3) is 0 Å². The van der Waals surface area contributed by atoms with Crippen LogP contribution in [0.4, 0.5) is 5.69 Å². The van der Waals surface area contributed by atoms with E-state index in [-0.39, 0.29) is 11.9 Å². The van der Waals surface area contributed by atoms with Crippen molar-refractivity contribution in [3.63, 3.8) is 0 Å². The maximum absolute atomic E-state index is 12.5. The topological polar surface area (TPSA) is 56.1 Å². The number of nitrogens with one attached hydrogen (secondary N) is 1. The zero-order valence-electron chi connectivity index (χ0n) is 15.3. The molecule has 0 spiro atoms. The number of hydrogen-bond donors (Lipinski definition) is 1. The number of anilines is 1. The minimum absolute atomic E-state index is 0.0867. The molecule has 1 amide bonds. The Bertz CT molecular complexity index is 759. The first kappa shape index (κ1) is 18.7. The first-order valence-corrected chi connectivity index (χ1v) is 8.51. The van der Waals surface area contributed by atoms with Gasteiger partial charge in [0.05, 0.1) is 17.7 Å². The lowest BCUT2D eigenvalue weighted by Crippen LogP contribution is -2.39. The predicted octanol–water partition coefficient (Wildman–Crippen LogP) is 4.14. The molecule has 2 aromatic carbocycles. The average molecular weight is 335 g/mol. The summed E-state index contributed by atoms with van der Waals surface area (Å²) in [6.07, 6.45) is 0. The van der Waals surface area contributed by atoms with Gasteiger partial charge < -0.3 is 5.32 Å². The first-order chi connectivity index (χ1) is 11.9. The fraction of sp³-hybridized carbons (Fsp3) is 0.333. The summed E-state index contributed by atoms with van der Waals surface area (Å²) >= 11 is 0. The Morgan fingerprint density at radius 3 is 2.44 bits per heavy atom. The zero-order chi connectivity index (χ0) is 18.4. The molecule has 0 heterocycles. The molecule has 0 aliphatic heterocycles. The van der Waals surface area contributed by atoms with E-state index in [1.165, 1.54) is 11.1 Å². The van der Waals surface area contributed by atoms with Crippen LogP contribution in [0.3, 0.4) is 0 Å². The Labute approximate surface area is 150 Å². The monoisotopic (exact) mass is 335 g/mol. The molecule has 1 N–H and O–H groups in total.